The molecule has 2 aliphatic carbocycles. The Morgan fingerprint density at radius 2 is 1.51 bits per heavy atom. The molecule has 2 aromatic rings. The number of hydrogen-bond donors (Lipinski definition) is 1. The second-order valence-electron chi connectivity index (χ2n) is 10.2. The molecule has 9 nitrogen and oxygen atoms in total. The Kier molecular flexibility index (Phi) is 7.32. The van der Waals surface area contributed by atoms with Crippen LogP contribution in [0.4, 0.5) is 11.4 Å². The lowest BCUT2D eigenvalue weighted by molar-refractivity contribution is -0.123. The molecule has 3 aliphatic rings. The summed E-state index contributed by atoms with van der Waals surface area (Å²) in [7, 11) is 0. The molecule has 2 fully saturated rings. The van der Waals surface area contributed by atoms with Gasteiger partial charge in [-0.2, -0.15) is 0 Å². The zero-order valence-corrected chi connectivity index (χ0v) is 21.8. The average Bonchev–Trinajstić information content (AvgIpc) is 3.57. The van der Waals surface area contributed by atoms with E-state index in [0.717, 1.165) is 19.3 Å². The summed E-state index contributed by atoms with van der Waals surface area (Å²) < 4.78 is 10.3. The minimum absolute atomic E-state index is 0.117. The zero-order valence-electron chi connectivity index (χ0n) is 21.8. The molecule has 1 saturated heterocycles. The van der Waals surface area contributed by atoms with Crippen LogP contribution < -0.4 is 10.2 Å². The molecule has 2 bridgehead atoms. The number of carbonyl (C=O) groups excluding carboxylic acids is 5. The van der Waals surface area contributed by atoms with Crippen LogP contribution in [0.3, 0.4) is 0 Å². The van der Waals surface area contributed by atoms with Gasteiger partial charge in [0.25, 0.3) is 5.91 Å². The number of unbranched alkanes of at least 4 members (excludes halogenated alkanes) is 1. The third kappa shape index (κ3) is 5.08. The summed E-state index contributed by atoms with van der Waals surface area (Å²) in [5.41, 5.74) is 2.61. The number of fused-ring (bicyclic) bond motifs is 5. The maximum Gasteiger partial charge on any atom is 0.338 e. The van der Waals surface area contributed by atoms with Crippen molar-refractivity contribution in [1.29, 1.82) is 0 Å². The number of anilines is 2. The van der Waals surface area contributed by atoms with Crippen LogP contribution in [0.1, 0.15) is 53.8 Å². The van der Waals surface area contributed by atoms with Gasteiger partial charge in [0.2, 0.25) is 11.8 Å². The monoisotopic (exact) mass is 530 g/mol. The topological polar surface area (TPSA) is 119 Å². The van der Waals surface area contributed by atoms with Crippen LogP contribution in [-0.4, -0.2) is 42.9 Å². The first-order valence-corrected chi connectivity index (χ1v) is 13.2. The fourth-order valence-electron chi connectivity index (χ4n) is 5.77. The summed E-state index contributed by atoms with van der Waals surface area (Å²) in [6.45, 7) is 3.87. The Labute approximate surface area is 226 Å². The fraction of sp³-hybridized carbons (Fsp3) is 0.367. The molecule has 9 heteroatoms. The molecule has 2 aromatic carbocycles. The van der Waals surface area contributed by atoms with Gasteiger partial charge in [0.1, 0.15) is 0 Å². The highest BCUT2D eigenvalue weighted by molar-refractivity contribution is 6.23. The lowest BCUT2D eigenvalue weighted by atomic mass is 9.82. The smallest absolute Gasteiger partial charge is 0.338 e. The van der Waals surface area contributed by atoms with Crippen LogP contribution in [0, 0.1) is 23.7 Å². The lowest BCUT2D eigenvalue weighted by Gasteiger charge is -2.19. The Hall–Kier alpha value is -4.27. The maximum absolute atomic E-state index is 13.1. The van der Waals surface area contributed by atoms with Gasteiger partial charge >= 0.3 is 11.9 Å². The van der Waals surface area contributed by atoms with E-state index >= 15 is 0 Å². The second kappa shape index (κ2) is 10.8. The molecule has 3 amide bonds. The third-order valence-corrected chi connectivity index (χ3v) is 7.71. The van der Waals surface area contributed by atoms with E-state index in [1.54, 1.807) is 36.4 Å². The van der Waals surface area contributed by atoms with Crippen LogP contribution in [-0.2, 0) is 23.9 Å². The van der Waals surface area contributed by atoms with Gasteiger partial charge in [0.05, 0.1) is 35.3 Å². The molecule has 0 spiro atoms. The van der Waals surface area contributed by atoms with E-state index < -0.39 is 24.5 Å². The number of esters is 2. The van der Waals surface area contributed by atoms with Crippen LogP contribution in [0.25, 0.3) is 0 Å². The summed E-state index contributed by atoms with van der Waals surface area (Å²) in [6, 6.07) is 12.3. The standard InChI is InChI=1S/C30H30N2O7/c1-3-4-13-38-29(36)18-5-9-21(10-6-18)31-24(33)16-39-30(37)19-7-11-22(12-8-19)32-27(34)25-20-14-17(2)23(15-20)26(25)28(32)35/h5-12,14,20,23,25-26H,3-4,13,15-16H2,1-2H3,(H,31,33)/t20-,23+,25-,26+/m0/s1. The number of hydrogen-bond acceptors (Lipinski definition) is 7. The first kappa shape index (κ1) is 26.3. The van der Waals surface area contributed by atoms with E-state index in [1.807, 2.05) is 13.8 Å². The van der Waals surface area contributed by atoms with E-state index in [1.165, 1.54) is 22.6 Å². The van der Waals surface area contributed by atoms with Gasteiger partial charge in [0, 0.05) is 5.69 Å². The average molecular weight is 531 g/mol. The van der Waals surface area contributed by atoms with Crippen LogP contribution in [0.5, 0.6) is 0 Å². The van der Waals surface area contributed by atoms with E-state index in [2.05, 4.69) is 11.4 Å². The van der Waals surface area contributed by atoms with Gasteiger partial charge in [-0.3, -0.25) is 19.3 Å². The van der Waals surface area contributed by atoms with Crippen molar-refractivity contribution in [2.45, 2.75) is 33.1 Å². The number of rotatable bonds is 9. The molecule has 0 radical (unpaired) electrons. The van der Waals surface area contributed by atoms with Crippen molar-refractivity contribution in [2.75, 3.05) is 23.4 Å². The number of imide groups is 1. The number of ether oxygens (including phenoxy) is 2. The molecule has 1 N–H and O–H groups in total. The summed E-state index contributed by atoms with van der Waals surface area (Å²) in [4.78, 5) is 64.1. The Bertz CT molecular complexity index is 1350. The van der Waals surface area contributed by atoms with Crippen molar-refractivity contribution in [3.8, 4) is 0 Å². The van der Waals surface area contributed by atoms with Gasteiger partial charge in [-0.15, -0.1) is 0 Å². The number of nitrogens with one attached hydrogen (secondary N) is 1. The fourth-order valence-corrected chi connectivity index (χ4v) is 5.77. The molecular weight excluding hydrogens is 500 g/mol. The van der Waals surface area contributed by atoms with Crippen molar-refractivity contribution in [3.63, 3.8) is 0 Å². The van der Waals surface area contributed by atoms with E-state index in [0.29, 0.717) is 23.5 Å². The predicted octanol–water partition coefficient (Wildman–Crippen LogP) is 4.14. The molecule has 4 atom stereocenters. The van der Waals surface area contributed by atoms with Crippen LogP contribution >= 0.6 is 0 Å². The highest BCUT2D eigenvalue weighted by Crippen LogP contribution is 2.55. The second-order valence-corrected chi connectivity index (χ2v) is 10.2. The number of carbonyl (C=O) groups is 5. The van der Waals surface area contributed by atoms with Gasteiger partial charge in [-0.25, -0.2) is 9.59 Å². The third-order valence-electron chi connectivity index (χ3n) is 7.71. The molecule has 1 heterocycles. The predicted molar refractivity (Wildman–Crippen MR) is 142 cm³/mol. The first-order valence-electron chi connectivity index (χ1n) is 13.2. The zero-order chi connectivity index (χ0) is 27.7. The summed E-state index contributed by atoms with van der Waals surface area (Å²) in [6.07, 6.45) is 4.70. The molecule has 39 heavy (non-hydrogen) atoms. The van der Waals surface area contributed by atoms with E-state index in [-0.39, 0.29) is 41.0 Å². The molecule has 0 unspecified atom stereocenters. The minimum atomic E-state index is -0.712. The summed E-state index contributed by atoms with van der Waals surface area (Å²) in [5.74, 6) is -2.41. The van der Waals surface area contributed by atoms with Crippen LogP contribution in [0.15, 0.2) is 60.2 Å². The Morgan fingerprint density at radius 3 is 2.18 bits per heavy atom. The largest absolute Gasteiger partial charge is 0.462 e. The van der Waals surface area contributed by atoms with Crippen molar-refractivity contribution in [3.05, 3.63) is 71.3 Å². The molecular formula is C30H30N2O7. The van der Waals surface area contributed by atoms with Crippen LogP contribution in [0.2, 0.25) is 0 Å². The van der Waals surface area contributed by atoms with Gasteiger partial charge in [-0.1, -0.05) is 25.0 Å². The highest BCUT2D eigenvalue weighted by atomic mass is 16.5. The van der Waals surface area contributed by atoms with Crippen molar-refractivity contribution >= 4 is 41.0 Å². The number of amides is 3. The molecule has 202 valence electrons. The Balaban J connectivity index is 1.12. The number of nitrogens with zero attached hydrogens (tertiary/aromatic N) is 1. The molecule has 0 aromatic heterocycles. The van der Waals surface area contributed by atoms with Crippen molar-refractivity contribution in [2.24, 2.45) is 23.7 Å². The summed E-state index contributed by atoms with van der Waals surface area (Å²) >= 11 is 0. The lowest BCUT2D eigenvalue weighted by Crippen LogP contribution is -2.33. The van der Waals surface area contributed by atoms with Gasteiger partial charge in [-0.05, 0) is 80.1 Å². The first-order chi connectivity index (χ1) is 18.8. The van der Waals surface area contributed by atoms with Crippen molar-refractivity contribution in [1.82, 2.24) is 0 Å². The minimum Gasteiger partial charge on any atom is -0.462 e. The quantitative estimate of drug-likeness (QED) is 0.224. The van der Waals surface area contributed by atoms with Gasteiger partial charge < -0.3 is 14.8 Å². The SMILES string of the molecule is CCCCOC(=O)c1ccc(NC(=O)COC(=O)c2ccc(N3C(=O)[C@@H]4[C@H](C3=O)[C@@H]3C[C@@H]4C=C3C)cc2)cc1. The molecule has 5 rings (SSSR count). The van der Waals surface area contributed by atoms with E-state index in [9.17, 15) is 24.0 Å². The van der Waals surface area contributed by atoms with Gasteiger partial charge in [0.15, 0.2) is 6.61 Å². The molecule has 1 saturated carbocycles. The normalized spacial score (nSPS) is 22.9. The van der Waals surface area contributed by atoms with E-state index in [4.69, 9.17) is 9.47 Å². The summed E-state index contributed by atoms with van der Waals surface area (Å²) in [5, 5.41) is 2.60. The number of allylic oxidation sites excluding steroid dienone is 2. The number of benzene rings is 2. The molecule has 1 aliphatic heterocycles. The Morgan fingerprint density at radius 1 is 0.897 bits per heavy atom. The highest BCUT2D eigenvalue weighted by Gasteiger charge is 2.60. The maximum atomic E-state index is 13.1. The van der Waals surface area contributed by atoms with Crippen molar-refractivity contribution < 1.29 is 33.4 Å².